The van der Waals surface area contributed by atoms with E-state index in [0.717, 1.165) is 12.0 Å². The Morgan fingerprint density at radius 3 is 2.50 bits per heavy atom. The van der Waals surface area contributed by atoms with Crippen molar-refractivity contribution in [1.82, 2.24) is 4.90 Å². The summed E-state index contributed by atoms with van der Waals surface area (Å²) in [6.45, 7) is 1.13. The van der Waals surface area contributed by atoms with Gasteiger partial charge in [-0.2, -0.15) is 0 Å². The Morgan fingerprint density at radius 1 is 1.12 bits per heavy atom. The maximum Gasteiger partial charge on any atom is 0.269 e. The van der Waals surface area contributed by atoms with Crippen LogP contribution >= 0.6 is 0 Å². The zero-order valence-corrected chi connectivity index (χ0v) is 13.1. The van der Waals surface area contributed by atoms with Gasteiger partial charge in [0.1, 0.15) is 12.7 Å². The number of benzene rings is 2. The highest BCUT2D eigenvalue weighted by molar-refractivity contribution is 5.78. The van der Waals surface area contributed by atoms with Crippen LogP contribution in [0, 0.1) is 10.1 Å². The Hall–Kier alpha value is -2.73. The van der Waals surface area contributed by atoms with E-state index in [1.54, 1.807) is 17.0 Å². The van der Waals surface area contributed by atoms with Crippen LogP contribution in [0.4, 0.5) is 5.69 Å². The van der Waals surface area contributed by atoms with Gasteiger partial charge in [-0.1, -0.05) is 30.3 Å². The molecule has 2 aromatic carbocycles. The third-order valence-corrected chi connectivity index (χ3v) is 4.14. The average molecular weight is 326 g/mol. The van der Waals surface area contributed by atoms with Gasteiger partial charge in [-0.3, -0.25) is 14.9 Å². The normalized spacial score (nSPS) is 17.8. The van der Waals surface area contributed by atoms with E-state index in [9.17, 15) is 14.9 Å². The minimum absolute atomic E-state index is 0.0240. The first kappa shape index (κ1) is 16.1. The fraction of sp³-hybridized carbons (Fsp3) is 0.278. The molecule has 0 saturated carbocycles. The fourth-order valence-corrected chi connectivity index (χ4v) is 2.75. The van der Waals surface area contributed by atoms with E-state index in [2.05, 4.69) is 0 Å². The van der Waals surface area contributed by atoms with Gasteiger partial charge in [-0.15, -0.1) is 0 Å². The summed E-state index contributed by atoms with van der Waals surface area (Å²) in [5.41, 5.74) is 2.08. The predicted octanol–water partition coefficient (Wildman–Crippen LogP) is 2.74. The van der Waals surface area contributed by atoms with Crippen molar-refractivity contribution in [3.8, 4) is 0 Å². The summed E-state index contributed by atoms with van der Waals surface area (Å²) in [4.78, 5) is 24.1. The second kappa shape index (κ2) is 7.23. The molecule has 24 heavy (non-hydrogen) atoms. The van der Waals surface area contributed by atoms with Crippen LogP contribution in [0.15, 0.2) is 54.6 Å². The summed E-state index contributed by atoms with van der Waals surface area (Å²) in [5.74, 6) is -0.0240. The molecule has 1 saturated heterocycles. The largest absolute Gasteiger partial charge is 0.362 e. The molecule has 0 N–H and O–H groups in total. The molecular weight excluding hydrogens is 308 g/mol. The Labute approximate surface area is 139 Å². The zero-order valence-electron chi connectivity index (χ0n) is 13.1. The van der Waals surface area contributed by atoms with Crippen molar-refractivity contribution in [3.05, 3.63) is 75.8 Å². The molecule has 0 spiro atoms. The molecule has 0 aliphatic carbocycles. The molecule has 1 aliphatic heterocycles. The van der Waals surface area contributed by atoms with E-state index >= 15 is 0 Å². The molecular formula is C18H18N2O4. The van der Waals surface area contributed by atoms with Crippen LogP contribution in [0.3, 0.4) is 0 Å². The molecule has 124 valence electrons. The standard InChI is InChI=1S/C18H18N2O4/c21-18-13-24-17(15-6-8-16(9-7-15)20(22)23)12-19(18)11-10-14-4-2-1-3-5-14/h1-9,17H,10-13H2/t17-/m0/s1. The molecule has 2 aromatic rings. The van der Waals surface area contributed by atoms with Crippen molar-refractivity contribution in [2.75, 3.05) is 19.7 Å². The molecule has 1 heterocycles. The Kier molecular flexibility index (Phi) is 4.86. The highest BCUT2D eigenvalue weighted by Gasteiger charge is 2.27. The summed E-state index contributed by atoms with van der Waals surface area (Å²) in [5, 5.41) is 10.7. The van der Waals surface area contributed by atoms with E-state index in [4.69, 9.17) is 4.74 Å². The number of amides is 1. The van der Waals surface area contributed by atoms with E-state index in [1.165, 1.54) is 17.7 Å². The lowest BCUT2D eigenvalue weighted by molar-refractivity contribution is -0.384. The minimum Gasteiger partial charge on any atom is -0.362 e. The van der Waals surface area contributed by atoms with Gasteiger partial charge < -0.3 is 9.64 Å². The van der Waals surface area contributed by atoms with Gasteiger partial charge in [-0.05, 0) is 29.7 Å². The van der Waals surface area contributed by atoms with Gasteiger partial charge in [-0.25, -0.2) is 0 Å². The first-order chi connectivity index (χ1) is 11.6. The molecule has 1 atom stereocenters. The smallest absolute Gasteiger partial charge is 0.269 e. The minimum atomic E-state index is -0.429. The number of ether oxygens (including phenoxy) is 1. The first-order valence-electron chi connectivity index (χ1n) is 7.81. The number of morpholine rings is 1. The van der Waals surface area contributed by atoms with Crippen molar-refractivity contribution >= 4 is 11.6 Å². The SMILES string of the molecule is O=C1CO[C@H](c2ccc([N+](=O)[O-])cc2)CN1CCc1ccccc1. The molecule has 0 bridgehead atoms. The van der Waals surface area contributed by atoms with Crippen LogP contribution in [0.5, 0.6) is 0 Å². The number of hydrogen-bond donors (Lipinski definition) is 0. The second-order valence-corrected chi connectivity index (χ2v) is 5.72. The van der Waals surface area contributed by atoms with Crippen LogP contribution in [0.2, 0.25) is 0 Å². The molecule has 1 aliphatic rings. The van der Waals surface area contributed by atoms with Crippen LogP contribution in [-0.4, -0.2) is 35.4 Å². The molecule has 6 nitrogen and oxygen atoms in total. The van der Waals surface area contributed by atoms with Crippen molar-refractivity contribution in [2.45, 2.75) is 12.5 Å². The number of rotatable bonds is 5. The second-order valence-electron chi connectivity index (χ2n) is 5.72. The lowest BCUT2D eigenvalue weighted by atomic mass is 10.1. The van der Waals surface area contributed by atoms with Gasteiger partial charge in [0.2, 0.25) is 5.91 Å². The van der Waals surface area contributed by atoms with Crippen molar-refractivity contribution in [2.24, 2.45) is 0 Å². The number of nitro benzene ring substituents is 1. The quantitative estimate of drug-likeness (QED) is 0.625. The van der Waals surface area contributed by atoms with E-state index in [1.807, 2.05) is 30.3 Å². The number of nitro groups is 1. The van der Waals surface area contributed by atoms with Crippen LogP contribution in [0.25, 0.3) is 0 Å². The lowest BCUT2D eigenvalue weighted by Crippen LogP contribution is -2.44. The molecule has 3 rings (SSSR count). The van der Waals surface area contributed by atoms with Crippen LogP contribution < -0.4 is 0 Å². The average Bonchev–Trinajstić information content (AvgIpc) is 2.62. The Morgan fingerprint density at radius 2 is 1.83 bits per heavy atom. The number of carbonyl (C=O) groups is 1. The maximum absolute atomic E-state index is 12.0. The topological polar surface area (TPSA) is 72.7 Å². The van der Waals surface area contributed by atoms with Crippen molar-refractivity contribution in [3.63, 3.8) is 0 Å². The Balaban J connectivity index is 1.64. The summed E-state index contributed by atoms with van der Waals surface area (Å²) < 4.78 is 5.60. The maximum atomic E-state index is 12.0. The number of nitrogens with zero attached hydrogens (tertiary/aromatic N) is 2. The van der Waals surface area contributed by atoms with Gasteiger partial charge >= 0.3 is 0 Å². The Bertz CT molecular complexity index is 716. The number of non-ortho nitro benzene ring substituents is 1. The summed E-state index contributed by atoms with van der Waals surface area (Å²) in [6, 6.07) is 16.3. The van der Waals surface area contributed by atoms with Gasteiger partial charge in [0, 0.05) is 18.7 Å². The number of hydrogen-bond acceptors (Lipinski definition) is 4. The molecule has 1 amide bonds. The van der Waals surface area contributed by atoms with Crippen LogP contribution in [-0.2, 0) is 16.0 Å². The van der Waals surface area contributed by atoms with Crippen molar-refractivity contribution < 1.29 is 14.5 Å². The molecule has 0 radical (unpaired) electrons. The summed E-state index contributed by atoms with van der Waals surface area (Å²) in [7, 11) is 0. The molecule has 1 fully saturated rings. The zero-order chi connectivity index (χ0) is 16.9. The summed E-state index contributed by atoms with van der Waals surface area (Å²) >= 11 is 0. The molecule has 0 aromatic heterocycles. The van der Waals surface area contributed by atoms with E-state index in [-0.39, 0.29) is 24.3 Å². The highest BCUT2D eigenvalue weighted by atomic mass is 16.6. The summed E-state index contributed by atoms with van der Waals surface area (Å²) in [6.07, 6.45) is 0.541. The highest BCUT2D eigenvalue weighted by Crippen LogP contribution is 2.24. The number of carbonyl (C=O) groups excluding carboxylic acids is 1. The third-order valence-electron chi connectivity index (χ3n) is 4.14. The van der Waals surface area contributed by atoms with Crippen molar-refractivity contribution in [1.29, 1.82) is 0 Å². The fourth-order valence-electron chi connectivity index (χ4n) is 2.75. The predicted molar refractivity (Wildman–Crippen MR) is 88.5 cm³/mol. The third kappa shape index (κ3) is 3.78. The van der Waals surface area contributed by atoms with Gasteiger partial charge in [0.05, 0.1) is 11.5 Å². The lowest BCUT2D eigenvalue weighted by Gasteiger charge is -2.33. The molecule has 6 heteroatoms. The monoisotopic (exact) mass is 326 g/mol. The van der Waals surface area contributed by atoms with E-state index < -0.39 is 4.92 Å². The van der Waals surface area contributed by atoms with Gasteiger partial charge in [0.25, 0.3) is 5.69 Å². The molecule has 0 unspecified atom stereocenters. The first-order valence-corrected chi connectivity index (χ1v) is 7.81. The van der Waals surface area contributed by atoms with Crippen LogP contribution in [0.1, 0.15) is 17.2 Å². The van der Waals surface area contributed by atoms with Gasteiger partial charge in [0.15, 0.2) is 0 Å². The van der Waals surface area contributed by atoms with E-state index in [0.29, 0.717) is 13.1 Å².